The van der Waals surface area contributed by atoms with Crippen LogP contribution in [0.1, 0.15) is 53.1 Å². The van der Waals surface area contributed by atoms with Gasteiger partial charge in [-0.25, -0.2) is 13.2 Å². The van der Waals surface area contributed by atoms with E-state index in [4.69, 9.17) is 4.74 Å². The second-order valence-corrected chi connectivity index (χ2v) is 14.3. The van der Waals surface area contributed by atoms with Gasteiger partial charge in [-0.1, -0.05) is 92.7 Å². The van der Waals surface area contributed by atoms with E-state index in [-0.39, 0.29) is 23.9 Å². The first kappa shape index (κ1) is 34.8. The van der Waals surface area contributed by atoms with E-state index in [1.165, 1.54) is 22.8 Å². The van der Waals surface area contributed by atoms with Gasteiger partial charge in [0.05, 0.1) is 31.2 Å². The molecule has 4 aromatic rings. The molecule has 46 heavy (non-hydrogen) atoms. The summed E-state index contributed by atoms with van der Waals surface area (Å²) in [6, 6.07) is 29.0. The summed E-state index contributed by atoms with van der Waals surface area (Å²) in [5.74, 6) is -0.664. The van der Waals surface area contributed by atoms with Crippen LogP contribution in [0.3, 0.4) is 0 Å². The van der Waals surface area contributed by atoms with E-state index >= 15 is 0 Å². The number of methoxy groups -OCH3 is 1. The van der Waals surface area contributed by atoms with Crippen molar-refractivity contribution in [2.24, 2.45) is 5.92 Å². The molecule has 3 N–H and O–H groups in total. The second-order valence-electron chi connectivity index (χ2n) is 11.2. The van der Waals surface area contributed by atoms with Gasteiger partial charge in [-0.2, -0.15) is 4.31 Å². The Balaban J connectivity index is 1.58. The lowest BCUT2D eigenvalue weighted by molar-refractivity contribution is -0.123. The standard InChI is InChI=1S/C35H41N3O6S2/c1-25(2)21-22-38(46(42,43)29-17-11-6-12-18-29)30(24-39)31-20-19-28(45-31)23-36-34(40)33(37-35(41)44-3)32(26-13-7-4-8-14-26)27-15-9-5-10-16-27/h4-20,25,30,32-33,39H,21-24H2,1-3H3,(H,36,40)(H,37,41)/t30?,33-/m0/s1. The SMILES string of the molecule is COC(=O)N[C@H](C(=O)NCc1ccc(C(CO)N(CCC(C)C)S(=O)(=O)c2ccccc2)s1)C(c1ccccc1)c1ccccc1. The molecule has 0 aliphatic rings. The molecule has 3 aromatic carbocycles. The Hall–Kier alpha value is -4.03. The van der Waals surface area contributed by atoms with Crippen LogP contribution in [0.25, 0.3) is 0 Å². The third-order valence-electron chi connectivity index (χ3n) is 7.64. The number of nitrogens with one attached hydrogen (secondary N) is 2. The summed E-state index contributed by atoms with van der Waals surface area (Å²) in [5.41, 5.74) is 1.69. The summed E-state index contributed by atoms with van der Waals surface area (Å²) in [7, 11) is -2.65. The summed E-state index contributed by atoms with van der Waals surface area (Å²) in [6.45, 7) is 4.02. The van der Waals surface area contributed by atoms with E-state index in [2.05, 4.69) is 10.6 Å². The Kier molecular flexibility index (Phi) is 12.5. The zero-order valence-corrected chi connectivity index (χ0v) is 27.8. The molecule has 0 aliphatic carbocycles. The molecule has 0 saturated carbocycles. The van der Waals surface area contributed by atoms with Crippen molar-refractivity contribution < 1.29 is 27.9 Å². The van der Waals surface area contributed by atoms with Crippen LogP contribution in [0.4, 0.5) is 4.79 Å². The van der Waals surface area contributed by atoms with Crippen LogP contribution in [-0.4, -0.2) is 56.1 Å². The molecular weight excluding hydrogens is 623 g/mol. The van der Waals surface area contributed by atoms with Crippen LogP contribution in [0.2, 0.25) is 0 Å². The fourth-order valence-electron chi connectivity index (χ4n) is 5.22. The number of nitrogens with zero attached hydrogens (tertiary/aromatic N) is 1. The number of rotatable bonds is 15. The largest absolute Gasteiger partial charge is 0.453 e. The third-order valence-corrected chi connectivity index (χ3v) is 10.7. The van der Waals surface area contributed by atoms with Gasteiger partial charge < -0.3 is 20.5 Å². The number of amides is 2. The molecule has 1 heterocycles. The third kappa shape index (κ3) is 8.82. The highest BCUT2D eigenvalue weighted by atomic mass is 32.2. The number of aliphatic hydroxyl groups excluding tert-OH is 1. The number of carbonyl (C=O) groups excluding carboxylic acids is 2. The van der Waals surface area contributed by atoms with E-state index in [9.17, 15) is 23.1 Å². The van der Waals surface area contributed by atoms with Crippen LogP contribution < -0.4 is 10.6 Å². The fourth-order valence-corrected chi connectivity index (χ4v) is 7.97. The highest BCUT2D eigenvalue weighted by Gasteiger charge is 2.34. The smallest absolute Gasteiger partial charge is 0.407 e. The van der Waals surface area contributed by atoms with E-state index in [0.717, 1.165) is 16.0 Å². The first-order valence-electron chi connectivity index (χ1n) is 15.1. The molecule has 0 saturated heterocycles. The summed E-state index contributed by atoms with van der Waals surface area (Å²) in [6.07, 6.45) is -0.113. The van der Waals surface area contributed by atoms with Crippen molar-refractivity contribution >= 4 is 33.4 Å². The molecule has 0 aliphatic heterocycles. The Morgan fingerprint density at radius 3 is 1.96 bits per heavy atom. The molecule has 1 unspecified atom stereocenters. The van der Waals surface area contributed by atoms with Gasteiger partial charge in [0.2, 0.25) is 15.9 Å². The highest BCUT2D eigenvalue weighted by Crippen LogP contribution is 2.33. The topological polar surface area (TPSA) is 125 Å². The first-order chi connectivity index (χ1) is 22.1. The van der Waals surface area contributed by atoms with E-state index in [1.807, 2.05) is 80.6 Å². The fraction of sp³-hybridized carbons (Fsp3) is 0.314. The monoisotopic (exact) mass is 663 g/mol. The Morgan fingerprint density at radius 2 is 1.43 bits per heavy atom. The van der Waals surface area contributed by atoms with Gasteiger partial charge in [-0.3, -0.25) is 4.79 Å². The van der Waals surface area contributed by atoms with Gasteiger partial charge in [0.25, 0.3) is 0 Å². The molecular formula is C35H41N3O6S2. The van der Waals surface area contributed by atoms with Crippen LogP contribution in [0, 0.1) is 5.92 Å². The quantitative estimate of drug-likeness (QED) is 0.150. The van der Waals surface area contributed by atoms with E-state index < -0.39 is 46.6 Å². The Morgan fingerprint density at radius 1 is 0.870 bits per heavy atom. The van der Waals surface area contributed by atoms with Crippen molar-refractivity contribution in [3.8, 4) is 0 Å². The minimum Gasteiger partial charge on any atom is -0.453 e. The van der Waals surface area contributed by atoms with Crippen molar-refractivity contribution in [3.05, 3.63) is 124 Å². The number of thiophene rings is 1. The molecule has 0 spiro atoms. The molecule has 9 nitrogen and oxygen atoms in total. The zero-order chi connectivity index (χ0) is 33.1. The number of alkyl carbamates (subject to hydrolysis) is 1. The lowest BCUT2D eigenvalue weighted by Gasteiger charge is -2.30. The van der Waals surface area contributed by atoms with Crippen molar-refractivity contribution in [3.63, 3.8) is 0 Å². The number of benzene rings is 3. The van der Waals surface area contributed by atoms with Gasteiger partial charge in [-0.15, -0.1) is 11.3 Å². The molecule has 0 radical (unpaired) electrons. The van der Waals surface area contributed by atoms with E-state index in [1.54, 1.807) is 36.4 Å². The minimum absolute atomic E-state index is 0.134. The summed E-state index contributed by atoms with van der Waals surface area (Å²) in [5, 5.41) is 16.2. The van der Waals surface area contributed by atoms with Crippen LogP contribution >= 0.6 is 11.3 Å². The second kappa shape index (κ2) is 16.5. The van der Waals surface area contributed by atoms with Crippen LogP contribution in [0.5, 0.6) is 0 Å². The predicted molar refractivity (Wildman–Crippen MR) is 180 cm³/mol. The maximum Gasteiger partial charge on any atom is 0.407 e. The number of sulfonamides is 1. The van der Waals surface area contributed by atoms with E-state index in [0.29, 0.717) is 11.3 Å². The first-order valence-corrected chi connectivity index (χ1v) is 17.4. The number of hydrogen-bond donors (Lipinski definition) is 3. The van der Waals surface area contributed by atoms with Gasteiger partial charge in [0.15, 0.2) is 0 Å². The maximum absolute atomic E-state index is 13.8. The van der Waals surface area contributed by atoms with Crippen LogP contribution in [0.15, 0.2) is 108 Å². The van der Waals surface area contributed by atoms with Gasteiger partial charge in [0, 0.05) is 22.2 Å². The lowest BCUT2D eigenvalue weighted by atomic mass is 9.84. The number of aliphatic hydroxyl groups is 1. The van der Waals surface area contributed by atoms with Crippen molar-refractivity contribution in [1.82, 2.24) is 14.9 Å². The molecule has 0 bridgehead atoms. The molecule has 4 rings (SSSR count). The summed E-state index contributed by atoms with van der Waals surface area (Å²) >= 11 is 1.32. The number of hydrogen-bond acceptors (Lipinski definition) is 7. The zero-order valence-electron chi connectivity index (χ0n) is 26.2. The van der Waals surface area contributed by atoms with Crippen molar-refractivity contribution in [2.45, 2.75) is 49.7 Å². The molecule has 1 aromatic heterocycles. The highest BCUT2D eigenvalue weighted by molar-refractivity contribution is 7.89. The Bertz CT molecular complexity index is 1610. The van der Waals surface area contributed by atoms with Crippen molar-refractivity contribution in [1.29, 1.82) is 0 Å². The number of carbonyl (C=O) groups is 2. The minimum atomic E-state index is -3.90. The molecule has 11 heteroatoms. The lowest BCUT2D eigenvalue weighted by Crippen LogP contribution is -2.50. The van der Waals surface area contributed by atoms with Crippen LogP contribution in [-0.2, 0) is 26.1 Å². The molecule has 244 valence electrons. The molecule has 2 atom stereocenters. The molecule has 2 amide bonds. The van der Waals surface area contributed by atoms with Gasteiger partial charge in [-0.05, 0) is 47.7 Å². The van der Waals surface area contributed by atoms with Crippen molar-refractivity contribution in [2.75, 3.05) is 20.3 Å². The maximum atomic E-state index is 13.8. The predicted octanol–water partition coefficient (Wildman–Crippen LogP) is 5.69. The summed E-state index contributed by atoms with van der Waals surface area (Å²) in [4.78, 5) is 27.8. The Labute approximate surface area is 275 Å². The van der Waals surface area contributed by atoms with Gasteiger partial charge >= 0.3 is 6.09 Å². The normalized spacial score (nSPS) is 13.0. The number of ether oxygens (including phenoxy) is 1. The molecule has 0 fully saturated rings. The average molecular weight is 664 g/mol. The summed E-state index contributed by atoms with van der Waals surface area (Å²) < 4.78 is 33.7. The van der Waals surface area contributed by atoms with Gasteiger partial charge in [0.1, 0.15) is 6.04 Å². The average Bonchev–Trinajstić information content (AvgIpc) is 3.55.